The Bertz CT molecular complexity index is 715. The molecule has 1 aliphatic rings. The van der Waals surface area contributed by atoms with E-state index < -0.39 is 0 Å². The molecule has 0 saturated heterocycles. The average molecular weight is 283 g/mol. The van der Waals surface area contributed by atoms with Crippen molar-refractivity contribution in [2.75, 3.05) is 18.6 Å². The fourth-order valence-corrected chi connectivity index (χ4v) is 2.15. The normalized spacial score (nSPS) is 12.8. The number of aromatic nitrogens is 2. The third-order valence-corrected chi connectivity index (χ3v) is 3.14. The zero-order valence-corrected chi connectivity index (χ0v) is 11.4. The highest BCUT2D eigenvalue weighted by Gasteiger charge is 2.28. The van der Waals surface area contributed by atoms with Crippen LogP contribution >= 0.6 is 0 Å². The van der Waals surface area contributed by atoms with Gasteiger partial charge in [-0.05, 0) is 18.2 Å². The van der Waals surface area contributed by atoms with Crippen LogP contribution in [0.5, 0.6) is 17.4 Å². The third-order valence-electron chi connectivity index (χ3n) is 3.14. The van der Waals surface area contributed by atoms with Gasteiger partial charge in [-0.3, -0.25) is 4.79 Å². The first-order valence-corrected chi connectivity index (χ1v) is 6.35. The standard InChI is InChI=1S/C15H13N3O3/c1-3-8-18-12-9-10(20-2)4-5-13(12)21-14-11(15(18)19)6-7-16-17-14/h3-7,9H,1,8H2,2H3. The Morgan fingerprint density at radius 2 is 2.29 bits per heavy atom. The average Bonchev–Trinajstić information content (AvgIpc) is 2.63. The topological polar surface area (TPSA) is 64.6 Å². The molecule has 0 aliphatic carbocycles. The van der Waals surface area contributed by atoms with E-state index in [-0.39, 0.29) is 11.8 Å². The second kappa shape index (κ2) is 5.24. The predicted molar refractivity (Wildman–Crippen MR) is 77.0 cm³/mol. The monoisotopic (exact) mass is 283 g/mol. The summed E-state index contributed by atoms with van der Waals surface area (Å²) in [5.41, 5.74) is 0.972. The number of amides is 1. The molecule has 0 radical (unpaired) electrons. The molecule has 6 nitrogen and oxygen atoms in total. The summed E-state index contributed by atoms with van der Waals surface area (Å²) in [6.07, 6.45) is 3.11. The molecule has 1 aromatic carbocycles. The van der Waals surface area contributed by atoms with E-state index in [1.807, 2.05) is 0 Å². The molecule has 1 aliphatic heterocycles. The number of carbonyl (C=O) groups is 1. The van der Waals surface area contributed by atoms with Gasteiger partial charge in [0.1, 0.15) is 11.3 Å². The maximum absolute atomic E-state index is 12.7. The van der Waals surface area contributed by atoms with Crippen LogP contribution in [-0.4, -0.2) is 29.8 Å². The molecule has 0 fully saturated rings. The number of methoxy groups -OCH3 is 1. The molecule has 6 heteroatoms. The molecule has 21 heavy (non-hydrogen) atoms. The van der Waals surface area contributed by atoms with Crippen LogP contribution in [0.1, 0.15) is 10.4 Å². The summed E-state index contributed by atoms with van der Waals surface area (Å²) in [6.45, 7) is 4.05. The minimum absolute atomic E-state index is 0.195. The highest BCUT2D eigenvalue weighted by molar-refractivity contribution is 6.09. The van der Waals surface area contributed by atoms with Crippen molar-refractivity contribution in [2.24, 2.45) is 0 Å². The van der Waals surface area contributed by atoms with Gasteiger partial charge in [0.2, 0.25) is 0 Å². The van der Waals surface area contributed by atoms with E-state index in [0.717, 1.165) is 0 Å². The number of ether oxygens (including phenoxy) is 2. The van der Waals surface area contributed by atoms with Crippen LogP contribution in [0.2, 0.25) is 0 Å². The second-order valence-electron chi connectivity index (χ2n) is 4.39. The fraction of sp³-hybridized carbons (Fsp3) is 0.133. The first-order chi connectivity index (χ1) is 10.2. The maximum Gasteiger partial charge on any atom is 0.264 e. The molecular formula is C15H13N3O3. The number of hydrogen-bond donors (Lipinski definition) is 0. The van der Waals surface area contributed by atoms with Crippen molar-refractivity contribution >= 4 is 11.6 Å². The number of hydrogen-bond acceptors (Lipinski definition) is 5. The van der Waals surface area contributed by atoms with Crippen LogP contribution in [0.15, 0.2) is 43.1 Å². The van der Waals surface area contributed by atoms with Crippen LogP contribution in [0.3, 0.4) is 0 Å². The molecule has 0 bridgehead atoms. The Morgan fingerprint density at radius 3 is 3.05 bits per heavy atom. The Morgan fingerprint density at radius 1 is 1.43 bits per heavy atom. The summed E-state index contributed by atoms with van der Waals surface area (Å²) in [7, 11) is 1.57. The molecule has 3 rings (SSSR count). The van der Waals surface area contributed by atoms with Crippen molar-refractivity contribution < 1.29 is 14.3 Å². The van der Waals surface area contributed by atoms with Crippen LogP contribution < -0.4 is 14.4 Å². The minimum atomic E-state index is -0.216. The van der Waals surface area contributed by atoms with Gasteiger partial charge < -0.3 is 14.4 Å². The molecule has 0 N–H and O–H groups in total. The summed E-state index contributed by atoms with van der Waals surface area (Å²) in [5, 5.41) is 7.65. The van der Waals surface area contributed by atoms with Gasteiger partial charge in [0, 0.05) is 12.6 Å². The lowest BCUT2D eigenvalue weighted by atomic mass is 10.2. The van der Waals surface area contributed by atoms with E-state index in [1.165, 1.54) is 6.20 Å². The number of nitrogens with zero attached hydrogens (tertiary/aromatic N) is 3. The minimum Gasteiger partial charge on any atom is -0.497 e. The summed E-state index contributed by atoms with van der Waals surface area (Å²) in [5.74, 6) is 1.13. The zero-order chi connectivity index (χ0) is 14.8. The van der Waals surface area contributed by atoms with Crippen molar-refractivity contribution in [3.63, 3.8) is 0 Å². The quantitative estimate of drug-likeness (QED) is 0.809. The lowest BCUT2D eigenvalue weighted by Gasteiger charge is -2.20. The van der Waals surface area contributed by atoms with Crippen LogP contribution in [0.25, 0.3) is 0 Å². The fourth-order valence-electron chi connectivity index (χ4n) is 2.15. The van der Waals surface area contributed by atoms with Gasteiger partial charge in [0.05, 0.1) is 19.0 Å². The van der Waals surface area contributed by atoms with Crippen molar-refractivity contribution in [3.8, 4) is 17.4 Å². The van der Waals surface area contributed by atoms with E-state index in [4.69, 9.17) is 9.47 Å². The molecule has 2 aromatic rings. The molecule has 2 heterocycles. The van der Waals surface area contributed by atoms with Gasteiger partial charge in [-0.2, -0.15) is 5.10 Å². The van der Waals surface area contributed by atoms with Gasteiger partial charge in [-0.1, -0.05) is 6.08 Å². The molecular weight excluding hydrogens is 270 g/mol. The number of anilines is 1. The summed E-state index contributed by atoms with van der Waals surface area (Å²) in [4.78, 5) is 14.2. The predicted octanol–water partition coefficient (Wildman–Crippen LogP) is 2.42. The largest absolute Gasteiger partial charge is 0.497 e. The van der Waals surface area contributed by atoms with Gasteiger partial charge in [0.25, 0.3) is 11.8 Å². The SMILES string of the molecule is C=CCN1C(=O)c2ccnnc2Oc2ccc(OC)cc21. The molecule has 0 spiro atoms. The molecule has 106 valence electrons. The number of benzene rings is 1. The van der Waals surface area contributed by atoms with Crippen LogP contribution in [0, 0.1) is 0 Å². The molecule has 0 unspecified atom stereocenters. The molecule has 0 atom stereocenters. The van der Waals surface area contributed by atoms with Crippen LogP contribution in [0.4, 0.5) is 5.69 Å². The van der Waals surface area contributed by atoms with E-state index in [1.54, 1.807) is 42.4 Å². The zero-order valence-electron chi connectivity index (χ0n) is 11.4. The Kier molecular flexibility index (Phi) is 3.27. The Labute approximate surface area is 121 Å². The lowest BCUT2D eigenvalue weighted by Crippen LogP contribution is -2.30. The third kappa shape index (κ3) is 2.20. The van der Waals surface area contributed by atoms with E-state index >= 15 is 0 Å². The first kappa shape index (κ1) is 13.1. The highest BCUT2D eigenvalue weighted by Crippen LogP contribution is 2.39. The summed E-state index contributed by atoms with van der Waals surface area (Å²) in [6, 6.07) is 6.83. The van der Waals surface area contributed by atoms with E-state index in [0.29, 0.717) is 29.3 Å². The van der Waals surface area contributed by atoms with Crippen molar-refractivity contribution in [2.45, 2.75) is 0 Å². The Hall–Kier alpha value is -2.89. The highest BCUT2D eigenvalue weighted by atomic mass is 16.5. The summed E-state index contributed by atoms with van der Waals surface area (Å²) < 4.78 is 10.9. The lowest BCUT2D eigenvalue weighted by molar-refractivity contribution is 0.0989. The maximum atomic E-state index is 12.7. The van der Waals surface area contributed by atoms with Gasteiger partial charge >= 0.3 is 0 Å². The van der Waals surface area contributed by atoms with Gasteiger partial charge in [-0.25, -0.2) is 0 Å². The summed E-state index contributed by atoms with van der Waals surface area (Å²) >= 11 is 0. The van der Waals surface area contributed by atoms with Gasteiger partial charge in [0.15, 0.2) is 5.75 Å². The molecule has 0 saturated carbocycles. The smallest absolute Gasteiger partial charge is 0.264 e. The second-order valence-corrected chi connectivity index (χ2v) is 4.39. The Balaban J connectivity index is 2.20. The first-order valence-electron chi connectivity index (χ1n) is 6.35. The van der Waals surface area contributed by atoms with Crippen molar-refractivity contribution in [3.05, 3.63) is 48.7 Å². The number of rotatable bonds is 3. The van der Waals surface area contributed by atoms with E-state index in [9.17, 15) is 4.79 Å². The van der Waals surface area contributed by atoms with E-state index in [2.05, 4.69) is 16.8 Å². The van der Waals surface area contributed by atoms with Gasteiger partial charge in [-0.15, -0.1) is 11.7 Å². The van der Waals surface area contributed by atoms with Crippen LogP contribution in [-0.2, 0) is 0 Å². The number of fused-ring (bicyclic) bond motifs is 2. The molecule has 1 amide bonds. The van der Waals surface area contributed by atoms with Crippen molar-refractivity contribution in [1.29, 1.82) is 0 Å². The number of carbonyl (C=O) groups excluding carboxylic acids is 1. The van der Waals surface area contributed by atoms with Crippen molar-refractivity contribution in [1.82, 2.24) is 10.2 Å². The molecule has 1 aromatic heterocycles.